The van der Waals surface area contributed by atoms with Crippen molar-refractivity contribution in [3.63, 3.8) is 0 Å². The fraction of sp³-hybridized carbons (Fsp3) is 0.800. The second-order valence-electron chi connectivity index (χ2n) is 2.32. The third kappa shape index (κ3) is 10.8. The third-order valence-electron chi connectivity index (χ3n) is 0.428. The molecule has 0 aromatic heterocycles. The number of aliphatic hydroxyl groups is 1. The largest absolute Gasteiger partial charge is 1.00 e. The van der Waals surface area contributed by atoms with Crippen molar-refractivity contribution in [3.8, 4) is 0 Å². The van der Waals surface area contributed by atoms with E-state index in [1.54, 1.807) is 0 Å². The van der Waals surface area contributed by atoms with Gasteiger partial charge in [-0.05, 0) is 0 Å². The molecule has 0 aromatic rings. The van der Waals surface area contributed by atoms with Gasteiger partial charge in [0.2, 0.25) is 0 Å². The third-order valence-corrected chi connectivity index (χ3v) is 0.428. The van der Waals surface area contributed by atoms with E-state index >= 15 is 0 Å². The van der Waals surface area contributed by atoms with E-state index in [1.165, 1.54) is 0 Å². The first kappa shape index (κ1) is 10.5. The monoisotopic (exact) mass is 94.1 g/mol. The summed E-state index contributed by atoms with van der Waals surface area (Å²) >= 11 is 0. The predicted octanol–water partition coefficient (Wildman–Crippen LogP) is -2.16. The van der Waals surface area contributed by atoms with Gasteiger partial charge in [-0.3, -0.25) is 0 Å². The van der Waals surface area contributed by atoms with Crippen LogP contribution in [-0.4, -0.2) is 11.7 Å². The average Bonchev–Trinajstić information content (AvgIpc) is 1.35. The summed E-state index contributed by atoms with van der Waals surface area (Å²) in [4.78, 5) is 0. The van der Waals surface area contributed by atoms with Gasteiger partial charge in [0, 0.05) is 6.61 Å². The Bertz CT molecular complexity index is 37.8. The topological polar surface area (TPSA) is 20.2 Å². The molecule has 0 radical (unpaired) electrons. The van der Waals surface area contributed by atoms with Crippen LogP contribution in [0.15, 0.2) is 0 Å². The molecule has 0 spiro atoms. The molecule has 0 aliphatic rings. The standard InChI is InChI=1S/C5H11O.Li/c1-5(2,3)4-6;/h6H,1,4H2,2-3H3;/q-1;+1. The summed E-state index contributed by atoms with van der Waals surface area (Å²) in [6, 6.07) is 0. The molecule has 0 amide bonds. The van der Waals surface area contributed by atoms with Crippen LogP contribution in [0, 0.1) is 12.3 Å². The molecule has 38 valence electrons. The fourth-order valence-corrected chi connectivity index (χ4v) is 0. The number of rotatable bonds is 1. The summed E-state index contributed by atoms with van der Waals surface area (Å²) in [6.45, 7) is 7.56. The van der Waals surface area contributed by atoms with Gasteiger partial charge < -0.3 is 12.0 Å². The van der Waals surface area contributed by atoms with Crippen molar-refractivity contribution in [1.82, 2.24) is 0 Å². The molecule has 2 heteroatoms. The smallest absolute Gasteiger partial charge is 0.399 e. The number of hydrogen-bond acceptors (Lipinski definition) is 1. The molecule has 0 aliphatic carbocycles. The van der Waals surface area contributed by atoms with E-state index < -0.39 is 0 Å². The van der Waals surface area contributed by atoms with Crippen molar-refractivity contribution in [3.05, 3.63) is 6.92 Å². The first-order valence-corrected chi connectivity index (χ1v) is 2.02. The molecule has 0 aromatic carbocycles. The van der Waals surface area contributed by atoms with E-state index in [4.69, 9.17) is 5.11 Å². The van der Waals surface area contributed by atoms with Gasteiger partial charge in [0.25, 0.3) is 0 Å². The van der Waals surface area contributed by atoms with Gasteiger partial charge in [-0.15, -0.1) is 5.41 Å². The Labute approximate surface area is 57.3 Å². The summed E-state index contributed by atoms with van der Waals surface area (Å²) in [6.07, 6.45) is 0. The minimum atomic E-state index is -0.153. The summed E-state index contributed by atoms with van der Waals surface area (Å²) < 4.78 is 0. The van der Waals surface area contributed by atoms with Crippen molar-refractivity contribution < 1.29 is 24.0 Å². The summed E-state index contributed by atoms with van der Waals surface area (Å²) in [5, 5.41) is 8.34. The number of hydrogen-bond donors (Lipinski definition) is 1. The van der Waals surface area contributed by atoms with Gasteiger partial charge in [0.15, 0.2) is 0 Å². The second-order valence-corrected chi connectivity index (χ2v) is 2.32. The quantitative estimate of drug-likeness (QED) is 0.290. The van der Waals surface area contributed by atoms with Crippen LogP contribution in [0.25, 0.3) is 0 Å². The summed E-state index contributed by atoms with van der Waals surface area (Å²) in [5.41, 5.74) is -0.153. The van der Waals surface area contributed by atoms with Crippen LogP contribution in [0.5, 0.6) is 0 Å². The molecule has 1 N–H and O–H groups in total. The van der Waals surface area contributed by atoms with Gasteiger partial charge in [-0.2, -0.15) is 0 Å². The van der Waals surface area contributed by atoms with Gasteiger partial charge >= 0.3 is 18.9 Å². The maximum Gasteiger partial charge on any atom is 1.00 e. The van der Waals surface area contributed by atoms with Crippen molar-refractivity contribution in [2.45, 2.75) is 13.8 Å². The van der Waals surface area contributed by atoms with Crippen LogP contribution in [0.1, 0.15) is 13.8 Å². The average molecular weight is 94.1 g/mol. The van der Waals surface area contributed by atoms with Gasteiger partial charge in [-0.1, -0.05) is 13.8 Å². The molecule has 0 atom stereocenters. The molecule has 0 rings (SSSR count). The Morgan fingerprint density at radius 2 is 1.71 bits per heavy atom. The van der Waals surface area contributed by atoms with Crippen molar-refractivity contribution in [1.29, 1.82) is 0 Å². The molecule has 0 unspecified atom stereocenters. The second kappa shape index (κ2) is 3.55. The van der Waals surface area contributed by atoms with Crippen molar-refractivity contribution in [2.24, 2.45) is 5.41 Å². The Kier molecular flexibility index (Phi) is 5.33. The van der Waals surface area contributed by atoms with Crippen LogP contribution in [0.2, 0.25) is 0 Å². The van der Waals surface area contributed by atoms with Crippen LogP contribution in [0.4, 0.5) is 0 Å². The zero-order valence-electron chi connectivity index (χ0n) is 5.36. The molecule has 0 saturated carbocycles. The Balaban J connectivity index is 0. The molecule has 0 saturated heterocycles. The molecular formula is C5H11LiO. The molecular weight excluding hydrogens is 83.0 g/mol. The first-order chi connectivity index (χ1) is 2.56. The molecule has 0 aliphatic heterocycles. The Hall–Kier alpha value is 0.557. The SMILES string of the molecule is [CH2-]C(C)(C)CO.[Li+]. The van der Waals surface area contributed by atoms with E-state index in [0.29, 0.717) is 0 Å². The van der Waals surface area contributed by atoms with E-state index in [1.807, 2.05) is 13.8 Å². The predicted molar refractivity (Wildman–Crippen MR) is 26.2 cm³/mol. The van der Waals surface area contributed by atoms with Gasteiger partial charge in [0.05, 0.1) is 0 Å². The summed E-state index contributed by atoms with van der Waals surface area (Å²) in [7, 11) is 0. The van der Waals surface area contributed by atoms with E-state index in [-0.39, 0.29) is 30.9 Å². The Morgan fingerprint density at radius 3 is 1.71 bits per heavy atom. The zero-order chi connectivity index (χ0) is 5.21. The maximum atomic E-state index is 8.34. The molecule has 0 heterocycles. The van der Waals surface area contributed by atoms with E-state index in [9.17, 15) is 0 Å². The summed E-state index contributed by atoms with van der Waals surface area (Å²) in [5.74, 6) is 0. The fourth-order valence-electron chi connectivity index (χ4n) is 0. The van der Waals surface area contributed by atoms with Crippen LogP contribution in [0.3, 0.4) is 0 Å². The minimum absolute atomic E-state index is 0. The van der Waals surface area contributed by atoms with E-state index in [2.05, 4.69) is 6.92 Å². The van der Waals surface area contributed by atoms with Gasteiger partial charge in [-0.25, -0.2) is 0 Å². The Morgan fingerprint density at radius 1 is 1.57 bits per heavy atom. The zero-order valence-corrected chi connectivity index (χ0v) is 5.36. The normalized spacial score (nSPS) is 10.3. The van der Waals surface area contributed by atoms with Crippen molar-refractivity contribution in [2.75, 3.05) is 6.61 Å². The van der Waals surface area contributed by atoms with E-state index in [0.717, 1.165) is 0 Å². The minimum Gasteiger partial charge on any atom is -0.399 e. The molecule has 1 nitrogen and oxygen atoms in total. The van der Waals surface area contributed by atoms with Crippen LogP contribution >= 0.6 is 0 Å². The maximum absolute atomic E-state index is 8.34. The molecule has 0 fully saturated rings. The molecule has 7 heavy (non-hydrogen) atoms. The van der Waals surface area contributed by atoms with Crippen LogP contribution < -0.4 is 18.9 Å². The van der Waals surface area contributed by atoms with Crippen LogP contribution in [-0.2, 0) is 0 Å². The number of aliphatic hydroxyl groups excluding tert-OH is 1. The molecule has 0 bridgehead atoms. The van der Waals surface area contributed by atoms with Gasteiger partial charge in [0.1, 0.15) is 0 Å². The van der Waals surface area contributed by atoms with Crippen molar-refractivity contribution >= 4 is 0 Å². The first-order valence-electron chi connectivity index (χ1n) is 2.02.